The van der Waals surface area contributed by atoms with Gasteiger partial charge in [-0.2, -0.15) is 0 Å². The molecule has 0 unspecified atom stereocenters. The molecule has 12 heteroatoms. The normalized spacial score (nSPS) is 24.3. The number of aliphatic hydroxyl groups excluding tert-OH is 2. The molecule has 1 saturated heterocycles. The Morgan fingerprint density at radius 1 is 1.13 bits per heavy atom. The molecule has 31 heavy (non-hydrogen) atoms. The van der Waals surface area contributed by atoms with Gasteiger partial charge in [-0.1, -0.05) is 23.9 Å². The molecule has 4 atom stereocenters. The molecular weight excluding hydrogens is 442 g/mol. The summed E-state index contributed by atoms with van der Waals surface area (Å²) in [6.07, 6.45) is -0.436. The molecule has 166 valence electrons. The van der Waals surface area contributed by atoms with Crippen molar-refractivity contribution in [1.82, 2.24) is 23.8 Å². The summed E-state index contributed by atoms with van der Waals surface area (Å²) in [7, 11) is -0.473. The summed E-state index contributed by atoms with van der Waals surface area (Å²) in [5.74, 6) is 0.555. The molecule has 0 radical (unpaired) electrons. The molecule has 2 aromatic heterocycles. The summed E-state index contributed by atoms with van der Waals surface area (Å²) < 4.78 is 32.8. The minimum absolute atomic E-state index is 0.237. The Balaban J connectivity index is 1.53. The zero-order valence-electron chi connectivity index (χ0n) is 17.2. The molecule has 0 spiro atoms. The lowest BCUT2D eigenvalue weighted by Gasteiger charge is -2.16. The Morgan fingerprint density at radius 3 is 2.45 bits per heavy atom. The van der Waals surface area contributed by atoms with Crippen LogP contribution in [0.2, 0.25) is 0 Å². The van der Waals surface area contributed by atoms with Crippen LogP contribution in [0.15, 0.2) is 46.8 Å². The summed E-state index contributed by atoms with van der Waals surface area (Å²) >= 11 is 1.44. The van der Waals surface area contributed by atoms with Gasteiger partial charge in [0.05, 0.1) is 17.3 Å². The van der Waals surface area contributed by atoms with Crippen molar-refractivity contribution in [2.45, 2.75) is 47.1 Å². The van der Waals surface area contributed by atoms with E-state index in [2.05, 4.69) is 15.0 Å². The largest absolute Gasteiger partial charge is 0.388 e. The summed E-state index contributed by atoms with van der Waals surface area (Å²) in [4.78, 5) is 13.2. The molecular formula is C19H23N5O5S2. The van der Waals surface area contributed by atoms with Gasteiger partial charge in [-0.3, -0.25) is 4.57 Å². The summed E-state index contributed by atoms with van der Waals surface area (Å²) in [6.45, 7) is 1.69. The fraction of sp³-hybridized carbons (Fsp3) is 0.421. The van der Waals surface area contributed by atoms with Gasteiger partial charge in [0.1, 0.15) is 29.1 Å². The summed E-state index contributed by atoms with van der Waals surface area (Å²) in [6, 6.07) is 6.71. The Kier molecular flexibility index (Phi) is 6.03. The maximum absolute atomic E-state index is 12.2. The Morgan fingerprint density at radius 2 is 1.84 bits per heavy atom. The standard InChI is InChI=1S/C19H23N5O5S2/c1-11-15(25)16(26)19(29-11)24-10-22-14-17(24)20-9-21-18(14)30-8-12-4-6-13(7-5-12)31(27,28)23(2)3/h4-7,9-11,15-16,19,25-26H,8H2,1-3H3/t11-,15-,16-,19-/m1/s1. The van der Waals surface area contributed by atoms with Crippen LogP contribution in [0.3, 0.4) is 0 Å². The van der Waals surface area contributed by atoms with E-state index >= 15 is 0 Å². The number of benzene rings is 1. The Hall–Kier alpha value is -2.09. The molecule has 1 aromatic carbocycles. The zero-order valence-corrected chi connectivity index (χ0v) is 18.8. The van der Waals surface area contributed by atoms with Crippen LogP contribution in [-0.2, 0) is 20.5 Å². The van der Waals surface area contributed by atoms with Crippen LogP contribution in [0.25, 0.3) is 11.2 Å². The predicted octanol–water partition coefficient (Wildman–Crippen LogP) is 1.01. The lowest BCUT2D eigenvalue weighted by molar-refractivity contribution is -0.0299. The zero-order chi connectivity index (χ0) is 22.3. The van der Waals surface area contributed by atoms with Crippen molar-refractivity contribution in [1.29, 1.82) is 0 Å². The molecule has 0 aliphatic carbocycles. The van der Waals surface area contributed by atoms with Gasteiger partial charge in [0.15, 0.2) is 11.9 Å². The second-order valence-electron chi connectivity index (χ2n) is 7.44. The van der Waals surface area contributed by atoms with Crippen molar-refractivity contribution >= 4 is 32.9 Å². The van der Waals surface area contributed by atoms with Gasteiger partial charge in [-0.15, -0.1) is 0 Å². The molecule has 10 nitrogen and oxygen atoms in total. The third-order valence-corrected chi connectivity index (χ3v) is 8.03. The minimum atomic E-state index is -3.46. The van der Waals surface area contributed by atoms with E-state index in [-0.39, 0.29) is 4.90 Å². The van der Waals surface area contributed by atoms with E-state index in [1.807, 2.05) is 0 Å². The van der Waals surface area contributed by atoms with Crippen LogP contribution >= 0.6 is 11.8 Å². The van der Waals surface area contributed by atoms with E-state index in [1.165, 1.54) is 42.8 Å². The van der Waals surface area contributed by atoms with E-state index in [4.69, 9.17) is 4.74 Å². The topological polar surface area (TPSA) is 131 Å². The van der Waals surface area contributed by atoms with Gasteiger partial charge in [0.2, 0.25) is 10.0 Å². The van der Waals surface area contributed by atoms with E-state index < -0.39 is 34.6 Å². The van der Waals surface area contributed by atoms with E-state index in [1.54, 1.807) is 35.8 Å². The average molecular weight is 466 g/mol. The first-order valence-corrected chi connectivity index (χ1v) is 12.0. The number of ether oxygens (including phenoxy) is 1. The van der Waals surface area contributed by atoms with Crippen molar-refractivity contribution < 1.29 is 23.4 Å². The van der Waals surface area contributed by atoms with Crippen molar-refractivity contribution in [2.75, 3.05) is 14.1 Å². The number of sulfonamides is 1. The minimum Gasteiger partial charge on any atom is -0.388 e. The van der Waals surface area contributed by atoms with Gasteiger partial charge in [-0.05, 0) is 24.6 Å². The van der Waals surface area contributed by atoms with Crippen LogP contribution in [0, 0.1) is 0 Å². The smallest absolute Gasteiger partial charge is 0.242 e. The second-order valence-corrected chi connectivity index (χ2v) is 10.6. The number of aliphatic hydroxyl groups is 2. The van der Waals surface area contributed by atoms with E-state index in [0.717, 1.165) is 5.56 Å². The molecule has 1 fully saturated rings. The molecule has 2 N–H and O–H groups in total. The van der Waals surface area contributed by atoms with Crippen molar-refractivity contribution in [2.24, 2.45) is 0 Å². The molecule has 3 heterocycles. The summed E-state index contributed by atoms with van der Waals surface area (Å²) in [5.41, 5.74) is 1.99. The van der Waals surface area contributed by atoms with Gasteiger partial charge in [0.25, 0.3) is 0 Å². The maximum Gasteiger partial charge on any atom is 0.242 e. The second kappa shape index (κ2) is 8.45. The third kappa shape index (κ3) is 4.06. The summed E-state index contributed by atoms with van der Waals surface area (Å²) in [5, 5.41) is 20.9. The van der Waals surface area contributed by atoms with Crippen molar-refractivity contribution in [3.05, 3.63) is 42.5 Å². The number of hydrogen-bond acceptors (Lipinski definition) is 9. The molecule has 0 amide bonds. The van der Waals surface area contributed by atoms with E-state index in [0.29, 0.717) is 21.9 Å². The van der Waals surface area contributed by atoms with Gasteiger partial charge < -0.3 is 14.9 Å². The van der Waals surface area contributed by atoms with Crippen LogP contribution < -0.4 is 0 Å². The first kappa shape index (κ1) is 22.1. The molecule has 1 aliphatic heterocycles. The molecule has 3 aromatic rings. The van der Waals surface area contributed by atoms with Crippen molar-refractivity contribution in [3.8, 4) is 0 Å². The average Bonchev–Trinajstić information content (AvgIpc) is 3.29. The van der Waals surface area contributed by atoms with Crippen molar-refractivity contribution in [3.63, 3.8) is 0 Å². The van der Waals surface area contributed by atoms with Crippen LogP contribution in [0.4, 0.5) is 0 Å². The van der Waals surface area contributed by atoms with Crippen LogP contribution in [0.5, 0.6) is 0 Å². The first-order chi connectivity index (χ1) is 14.7. The fourth-order valence-electron chi connectivity index (χ4n) is 3.30. The highest BCUT2D eigenvalue weighted by Gasteiger charge is 2.42. The molecule has 0 bridgehead atoms. The third-order valence-electron chi connectivity index (χ3n) is 5.15. The number of thioether (sulfide) groups is 1. The highest BCUT2D eigenvalue weighted by molar-refractivity contribution is 7.98. The predicted molar refractivity (Wildman–Crippen MR) is 114 cm³/mol. The van der Waals surface area contributed by atoms with Gasteiger partial charge >= 0.3 is 0 Å². The highest BCUT2D eigenvalue weighted by atomic mass is 32.2. The lowest BCUT2D eigenvalue weighted by Crippen LogP contribution is -2.30. The fourth-order valence-corrected chi connectivity index (χ4v) is 5.10. The number of aromatic nitrogens is 4. The number of nitrogens with zero attached hydrogens (tertiary/aromatic N) is 5. The Labute approximate surface area is 184 Å². The number of fused-ring (bicyclic) bond motifs is 1. The quantitative estimate of drug-likeness (QED) is 0.404. The maximum atomic E-state index is 12.2. The van der Waals surface area contributed by atoms with E-state index in [9.17, 15) is 18.6 Å². The van der Waals surface area contributed by atoms with Crippen LogP contribution in [0.1, 0.15) is 18.7 Å². The van der Waals surface area contributed by atoms with Gasteiger partial charge in [0, 0.05) is 19.8 Å². The monoisotopic (exact) mass is 465 g/mol. The van der Waals surface area contributed by atoms with Crippen LogP contribution in [-0.4, -0.2) is 74.9 Å². The number of hydrogen-bond donors (Lipinski definition) is 2. The lowest BCUT2D eigenvalue weighted by atomic mass is 10.1. The molecule has 1 aliphatic rings. The molecule has 0 saturated carbocycles. The highest BCUT2D eigenvalue weighted by Crippen LogP contribution is 2.33. The molecule has 4 rings (SSSR count). The SMILES string of the molecule is C[C@H]1O[C@@H](n2cnc3c(SCc4ccc(S(=O)(=O)N(C)C)cc4)ncnc32)[C@H](O)[C@@H]1O. The van der Waals surface area contributed by atoms with Gasteiger partial charge in [-0.25, -0.2) is 27.7 Å². The number of rotatable bonds is 6. The first-order valence-electron chi connectivity index (χ1n) is 9.53. The number of imidazole rings is 1. The Bertz CT molecular complexity index is 1180.